The van der Waals surface area contributed by atoms with Gasteiger partial charge in [0.15, 0.2) is 0 Å². The molecule has 0 bridgehead atoms. The first-order valence-electron chi connectivity index (χ1n) is 7.02. The molecule has 0 aliphatic rings. The summed E-state index contributed by atoms with van der Waals surface area (Å²) in [6, 6.07) is 16.3. The van der Waals surface area contributed by atoms with Crippen molar-refractivity contribution in [2.75, 3.05) is 0 Å². The molecule has 0 heterocycles. The summed E-state index contributed by atoms with van der Waals surface area (Å²) in [5.74, 6) is -0.765. The molecule has 2 aromatic carbocycles. The van der Waals surface area contributed by atoms with Gasteiger partial charge >= 0.3 is 5.97 Å². The van der Waals surface area contributed by atoms with Gasteiger partial charge in [-0.15, -0.1) is 0 Å². The summed E-state index contributed by atoms with van der Waals surface area (Å²) in [7, 11) is 0. The SMILES string of the molecule is C=C(/C=C(\CCc1ccccc1)C(=O)O)c1ccc(O)cc1. The molecule has 2 N–H and O–H groups in total. The van der Waals surface area contributed by atoms with Crippen molar-refractivity contribution >= 4 is 11.5 Å². The number of aryl methyl sites for hydroxylation is 1. The highest BCUT2D eigenvalue weighted by Crippen LogP contribution is 2.20. The number of phenolic OH excluding ortho intramolecular Hbond substituents is 1. The average Bonchev–Trinajstić information content (AvgIpc) is 2.52. The highest BCUT2D eigenvalue weighted by atomic mass is 16.4. The van der Waals surface area contributed by atoms with Crippen LogP contribution in [0.1, 0.15) is 17.5 Å². The summed E-state index contributed by atoms with van der Waals surface area (Å²) in [5, 5.41) is 18.6. The lowest BCUT2D eigenvalue weighted by Crippen LogP contribution is -2.02. The quantitative estimate of drug-likeness (QED) is 0.624. The molecule has 0 aliphatic carbocycles. The molecule has 0 saturated heterocycles. The summed E-state index contributed by atoms with van der Waals surface area (Å²) in [6.45, 7) is 3.91. The standard InChI is InChI=1S/C19H18O3/c1-14(16-9-11-18(20)12-10-16)13-17(19(21)22)8-7-15-5-3-2-4-6-15/h2-6,9-13,20H,1,7-8H2,(H,21,22)/b17-13+. The number of carboxylic acids is 1. The Morgan fingerprint density at radius 1 is 1.05 bits per heavy atom. The van der Waals surface area contributed by atoms with Crippen molar-refractivity contribution in [1.29, 1.82) is 0 Å². The van der Waals surface area contributed by atoms with E-state index in [1.807, 2.05) is 30.3 Å². The molecular weight excluding hydrogens is 276 g/mol. The van der Waals surface area contributed by atoms with E-state index in [9.17, 15) is 15.0 Å². The molecule has 0 radical (unpaired) electrons. The van der Waals surface area contributed by atoms with E-state index < -0.39 is 5.97 Å². The zero-order valence-corrected chi connectivity index (χ0v) is 12.2. The molecule has 0 aromatic heterocycles. The number of hydrogen-bond acceptors (Lipinski definition) is 2. The zero-order chi connectivity index (χ0) is 15.9. The molecule has 3 heteroatoms. The summed E-state index contributed by atoms with van der Waals surface area (Å²) in [6.07, 6.45) is 2.70. The third-order valence-electron chi connectivity index (χ3n) is 3.39. The van der Waals surface area contributed by atoms with Crippen LogP contribution in [0, 0.1) is 0 Å². The van der Waals surface area contributed by atoms with Gasteiger partial charge in [0.1, 0.15) is 5.75 Å². The van der Waals surface area contributed by atoms with Crippen molar-refractivity contribution in [3.8, 4) is 5.75 Å². The third kappa shape index (κ3) is 4.35. The first-order chi connectivity index (χ1) is 10.6. The number of aliphatic carboxylic acids is 1. The number of carboxylic acid groups (broad SMARTS) is 1. The van der Waals surface area contributed by atoms with Gasteiger partial charge in [0.05, 0.1) is 0 Å². The molecule has 0 fully saturated rings. The Hall–Kier alpha value is -2.81. The van der Waals surface area contributed by atoms with Crippen LogP contribution in [0.15, 0.2) is 72.8 Å². The number of hydrogen-bond donors (Lipinski definition) is 2. The Balaban J connectivity index is 2.11. The molecule has 0 atom stereocenters. The largest absolute Gasteiger partial charge is 0.508 e. The Kier molecular flexibility index (Phi) is 5.15. The average molecular weight is 294 g/mol. The number of phenols is 1. The molecule has 2 rings (SSSR count). The smallest absolute Gasteiger partial charge is 0.331 e. The third-order valence-corrected chi connectivity index (χ3v) is 3.39. The highest BCUT2D eigenvalue weighted by Gasteiger charge is 2.09. The van der Waals surface area contributed by atoms with Crippen LogP contribution in [0.4, 0.5) is 0 Å². The van der Waals surface area contributed by atoms with E-state index >= 15 is 0 Å². The maximum atomic E-state index is 11.4. The van der Waals surface area contributed by atoms with Crippen LogP contribution in [0.3, 0.4) is 0 Å². The van der Waals surface area contributed by atoms with E-state index in [2.05, 4.69) is 6.58 Å². The first-order valence-corrected chi connectivity index (χ1v) is 7.02. The van der Waals surface area contributed by atoms with Crippen LogP contribution in [0.25, 0.3) is 5.57 Å². The maximum absolute atomic E-state index is 11.4. The Labute approximate surface area is 129 Å². The second-order valence-corrected chi connectivity index (χ2v) is 5.03. The predicted molar refractivity (Wildman–Crippen MR) is 87.6 cm³/mol. The van der Waals surface area contributed by atoms with Crippen LogP contribution in [-0.2, 0) is 11.2 Å². The Morgan fingerprint density at radius 3 is 2.27 bits per heavy atom. The van der Waals surface area contributed by atoms with Crippen LogP contribution >= 0.6 is 0 Å². The monoisotopic (exact) mass is 294 g/mol. The minimum Gasteiger partial charge on any atom is -0.508 e. The number of allylic oxidation sites excluding steroid dienone is 2. The van der Waals surface area contributed by atoms with Gasteiger partial charge in [-0.1, -0.05) is 49.0 Å². The molecule has 0 spiro atoms. The Bertz CT molecular complexity index is 682. The number of rotatable bonds is 6. The van der Waals surface area contributed by atoms with Crippen molar-refractivity contribution in [3.05, 3.63) is 84.0 Å². The van der Waals surface area contributed by atoms with Crippen molar-refractivity contribution < 1.29 is 15.0 Å². The summed E-state index contributed by atoms with van der Waals surface area (Å²) >= 11 is 0. The lowest BCUT2D eigenvalue weighted by atomic mass is 10.00. The van der Waals surface area contributed by atoms with Crippen molar-refractivity contribution in [2.45, 2.75) is 12.8 Å². The predicted octanol–water partition coefficient (Wildman–Crippen LogP) is 4.05. The summed E-state index contributed by atoms with van der Waals surface area (Å²) in [5.41, 5.74) is 2.83. The van der Waals surface area contributed by atoms with Gasteiger partial charge in [-0.2, -0.15) is 0 Å². The van der Waals surface area contributed by atoms with Crippen LogP contribution in [0.2, 0.25) is 0 Å². The Morgan fingerprint density at radius 2 is 1.68 bits per heavy atom. The van der Waals surface area contributed by atoms with Crippen LogP contribution in [0.5, 0.6) is 5.75 Å². The minimum atomic E-state index is -0.934. The number of carbonyl (C=O) groups is 1. The fourth-order valence-corrected chi connectivity index (χ4v) is 2.13. The van der Waals surface area contributed by atoms with Crippen LogP contribution < -0.4 is 0 Å². The first kappa shape index (κ1) is 15.6. The molecule has 3 nitrogen and oxygen atoms in total. The fourth-order valence-electron chi connectivity index (χ4n) is 2.13. The van der Waals surface area contributed by atoms with Gasteiger partial charge < -0.3 is 10.2 Å². The number of aromatic hydroxyl groups is 1. The lowest BCUT2D eigenvalue weighted by molar-refractivity contribution is -0.132. The van der Waals surface area contributed by atoms with Crippen molar-refractivity contribution in [2.24, 2.45) is 0 Å². The molecular formula is C19H18O3. The van der Waals surface area contributed by atoms with Crippen molar-refractivity contribution in [3.63, 3.8) is 0 Å². The van der Waals surface area contributed by atoms with E-state index in [0.717, 1.165) is 11.1 Å². The van der Waals surface area contributed by atoms with Crippen LogP contribution in [-0.4, -0.2) is 16.2 Å². The summed E-state index contributed by atoms with van der Waals surface area (Å²) in [4.78, 5) is 11.4. The molecule has 0 aliphatic heterocycles. The minimum absolute atomic E-state index is 0.170. The number of benzene rings is 2. The molecule has 0 amide bonds. The van der Waals surface area contributed by atoms with Gasteiger partial charge in [0, 0.05) is 5.57 Å². The topological polar surface area (TPSA) is 57.5 Å². The molecule has 22 heavy (non-hydrogen) atoms. The van der Waals surface area contributed by atoms with Gasteiger partial charge in [-0.25, -0.2) is 4.79 Å². The van der Waals surface area contributed by atoms with Gasteiger partial charge in [0.25, 0.3) is 0 Å². The van der Waals surface area contributed by atoms with E-state index in [1.54, 1.807) is 30.3 Å². The second-order valence-electron chi connectivity index (χ2n) is 5.03. The summed E-state index contributed by atoms with van der Waals surface area (Å²) < 4.78 is 0. The molecule has 0 saturated carbocycles. The van der Waals surface area contributed by atoms with Gasteiger partial charge in [-0.3, -0.25) is 0 Å². The van der Waals surface area contributed by atoms with Gasteiger partial charge in [0.2, 0.25) is 0 Å². The fraction of sp³-hybridized carbons (Fsp3) is 0.105. The lowest BCUT2D eigenvalue weighted by Gasteiger charge is -2.06. The molecule has 112 valence electrons. The van der Waals surface area contributed by atoms with E-state index in [4.69, 9.17) is 0 Å². The van der Waals surface area contributed by atoms with Crippen molar-refractivity contribution in [1.82, 2.24) is 0 Å². The highest BCUT2D eigenvalue weighted by molar-refractivity contribution is 5.91. The molecule has 0 unspecified atom stereocenters. The maximum Gasteiger partial charge on any atom is 0.331 e. The van der Waals surface area contributed by atoms with Gasteiger partial charge in [-0.05, 0) is 47.8 Å². The van der Waals surface area contributed by atoms with E-state index in [0.29, 0.717) is 24.0 Å². The normalized spacial score (nSPS) is 11.2. The molecule has 2 aromatic rings. The van der Waals surface area contributed by atoms with E-state index in [1.165, 1.54) is 0 Å². The second kappa shape index (κ2) is 7.27. The zero-order valence-electron chi connectivity index (χ0n) is 12.2. The van der Waals surface area contributed by atoms with E-state index in [-0.39, 0.29) is 5.75 Å².